The number of benzene rings is 1. The second-order valence-corrected chi connectivity index (χ2v) is 4.57. The Balaban J connectivity index is 3.56. The molecule has 0 aromatic heterocycles. The summed E-state index contributed by atoms with van der Waals surface area (Å²) >= 11 is 3.45. The minimum absolute atomic E-state index is 0.304. The molecule has 0 aliphatic carbocycles. The van der Waals surface area contributed by atoms with Gasteiger partial charge in [0.15, 0.2) is 11.5 Å². The van der Waals surface area contributed by atoms with Crippen molar-refractivity contribution in [3.8, 4) is 17.2 Å². The van der Waals surface area contributed by atoms with Crippen LogP contribution in [0, 0.1) is 0 Å². The highest BCUT2D eigenvalue weighted by Crippen LogP contribution is 2.44. The molecule has 0 saturated carbocycles. The van der Waals surface area contributed by atoms with Gasteiger partial charge in [-0.25, -0.2) is 0 Å². The van der Waals surface area contributed by atoms with E-state index in [2.05, 4.69) is 29.8 Å². The Morgan fingerprint density at radius 2 is 1.65 bits per heavy atom. The summed E-state index contributed by atoms with van der Waals surface area (Å²) in [7, 11) is 4.98. The molecule has 4 heteroatoms. The largest absolute Gasteiger partial charge is 0.496 e. The predicted molar refractivity (Wildman–Crippen MR) is 72.8 cm³/mol. The molecule has 0 fully saturated rings. The standard InChI is InChI=1S/C13H19BrO3/c1-8(2)11-10(15-3)6-9(7-14)12(16-4)13(11)17-5/h6,8H,7H2,1-5H3. The van der Waals surface area contributed by atoms with Crippen LogP contribution in [0.1, 0.15) is 30.9 Å². The van der Waals surface area contributed by atoms with Gasteiger partial charge >= 0.3 is 0 Å². The summed E-state index contributed by atoms with van der Waals surface area (Å²) in [4.78, 5) is 0. The molecule has 1 aromatic carbocycles. The van der Waals surface area contributed by atoms with E-state index in [0.717, 1.165) is 28.4 Å². The minimum atomic E-state index is 0.304. The van der Waals surface area contributed by atoms with Crippen LogP contribution in [0.3, 0.4) is 0 Å². The van der Waals surface area contributed by atoms with Crippen molar-refractivity contribution in [2.24, 2.45) is 0 Å². The van der Waals surface area contributed by atoms with Crippen molar-refractivity contribution in [3.63, 3.8) is 0 Å². The first-order chi connectivity index (χ1) is 8.10. The number of methoxy groups -OCH3 is 3. The fourth-order valence-corrected chi connectivity index (χ4v) is 2.34. The number of rotatable bonds is 5. The Bertz CT molecular complexity index is 389. The summed E-state index contributed by atoms with van der Waals surface area (Å²) in [6.45, 7) is 4.21. The van der Waals surface area contributed by atoms with Crippen LogP contribution >= 0.6 is 15.9 Å². The van der Waals surface area contributed by atoms with Crippen molar-refractivity contribution in [3.05, 3.63) is 17.2 Å². The Kier molecular flexibility index (Phi) is 5.12. The molecule has 0 unspecified atom stereocenters. The third-order valence-electron chi connectivity index (χ3n) is 2.66. The molecule has 0 aliphatic heterocycles. The molecule has 0 radical (unpaired) electrons. The van der Waals surface area contributed by atoms with Gasteiger partial charge < -0.3 is 14.2 Å². The Hall–Kier alpha value is -0.900. The molecule has 0 atom stereocenters. The molecule has 96 valence electrons. The first-order valence-corrected chi connectivity index (χ1v) is 6.60. The summed E-state index contributed by atoms with van der Waals surface area (Å²) < 4.78 is 16.4. The van der Waals surface area contributed by atoms with E-state index < -0.39 is 0 Å². The summed E-state index contributed by atoms with van der Waals surface area (Å²) in [5, 5.41) is 0.696. The topological polar surface area (TPSA) is 27.7 Å². The van der Waals surface area contributed by atoms with Gasteiger partial charge in [-0.15, -0.1) is 0 Å². The van der Waals surface area contributed by atoms with E-state index in [-0.39, 0.29) is 0 Å². The van der Waals surface area contributed by atoms with Gasteiger partial charge in [-0.1, -0.05) is 29.8 Å². The van der Waals surface area contributed by atoms with Crippen LogP contribution in [0.4, 0.5) is 0 Å². The van der Waals surface area contributed by atoms with E-state index in [1.165, 1.54) is 0 Å². The quantitative estimate of drug-likeness (QED) is 0.776. The molecule has 0 spiro atoms. The van der Waals surface area contributed by atoms with E-state index in [1.54, 1.807) is 21.3 Å². The third kappa shape index (κ3) is 2.68. The molecule has 0 saturated heterocycles. The highest BCUT2D eigenvalue weighted by Gasteiger charge is 2.21. The first kappa shape index (κ1) is 14.2. The van der Waals surface area contributed by atoms with Gasteiger partial charge in [0.2, 0.25) is 0 Å². The van der Waals surface area contributed by atoms with Gasteiger partial charge in [0.25, 0.3) is 0 Å². The van der Waals surface area contributed by atoms with Gasteiger partial charge in [0.05, 0.1) is 21.3 Å². The molecule has 0 heterocycles. The zero-order valence-electron chi connectivity index (χ0n) is 11.0. The molecule has 1 aromatic rings. The van der Waals surface area contributed by atoms with Crippen molar-refractivity contribution in [2.45, 2.75) is 25.1 Å². The molecule has 0 bridgehead atoms. The van der Waals surface area contributed by atoms with Gasteiger partial charge in [0.1, 0.15) is 5.75 Å². The maximum atomic E-state index is 5.49. The van der Waals surface area contributed by atoms with Crippen molar-refractivity contribution < 1.29 is 14.2 Å². The lowest BCUT2D eigenvalue weighted by atomic mass is 9.98. The van der Waals surface area contributed by atoms with Gasteiger partial charge in [-0.05, 0) is 12.0 Å². The van der Waals surface area contributed by atoms with Crippen LogP contribution < -0.4 is 14.2 Å². The number of hydrogen-bond donors (Lipinski definition) is 0. The first-order valence-electron chi connectivity index (χ1n) is 5.48. The Morgan fingerprint density at radius 3 is 2.00 bits per heavy atom. The average molecular weight is 303 g/mol. The van der Waals surface area contributed by atoms with E-state index in [1.807, 2.05) is 6.07 Å². The SMILES string of the molecule is COc1cc(CBr)c(OC)c(OC)c1C(C)C. The fourth-order valence-electron chi connectivity index (χ4n) is 1.92. The van der Waals surface area contributed by atoms with Crippen LogP contribution in [0.2, 0.25) is 0 Å². The number of alkyl halides is 1. The summed E-state index contributed by atoms with van der Waals surface area (Å²) in [5.41, 5.74) is 2.06. The maximum Gasteiger partial charge on any atom is 0.168 e. The second kappa shape index (κ2) is 6.15. The van der Waals surface area contributed by atoms with Crippen LogP contribution in [0.5, 0.6) is 17.2 Å². The maximum absolute atomic E-state index is 5.49. The zero-order valence-corrected chi connectivity index (χ0v) is 12.6. The predicted octanol–water partition coefficient (Wildman–Crippen LogP) is 3.73. The van der Waals surface area contributed by atoms with Crippen molar-refractivity contribution >= 4 is 15.9 Å². The summed E-state index contributed by atoms with van der Waals surface area (Å²) in [5.74, 6) is 2.68. The molecule has 0 aliphatic rings. The fraction of sp³-hybridized carbons (Fsp3) is 0.538. The minimum Gasteiger partial charge on any atom is -0.496 e. The van der Waals surface area contributed by atoms with Gasteiger partial charge in [0, 0.05) is 16.5 Å². The summed E-state index contributed by atoms with van der Waals surface area (Å²) in [6, 6.07) is 1.99. The monoisotopic (exact) mass is 302 g/mol. The number of hydrogen-bond acceptors (Lipinski definition) is 3. The van der Waals surface area contributed by atoms with Crippen molar-refractivity contribution in [1.82, 2.24) is 0 Å². The molecule has 0 amide bonds. The highest BCUT2D eigenvalue weighted by molar-refractivity contribution is 9.08. The van der Waals surface area contributed by atoms with E-state index in [9.17, 15) is 0 Å². The molecule has 0 N–H and O–H groups in total. The second-order valence-electron chi connectivity index (χ2n) is 4.01. The number of ether oxygens (including phenoxy) is 3. The van der Waals surface area contributed by atoms with E-state index in [4.69, 9.17) is 14.2 Å². The molecule has 3 nitrogen and oxygen atoms in total. The number of halogens is 1. The summed E-state index contributed by atoms with van der Waals surface area (Å²) in [6.07, 6.45) is 0. The van der Waals surface area contributed by atoms with Crippen LogP contribution in [0.15, 0.2) is 6.07 Å². The van der Waals surface area contributed by atoms with Gasteiger partial charge in [-0.3, -0.25) is 0 Å². The Labute approximate surface area is 111 Å². The lowest BCUT2D eigenvalue weighted by Crippen LogP contribution is -2.03. The average Bonchev–Trinajstić information content (AvgIpc) is 2.35. The zero-order chi connectivity index (χ0) is 13.0. The van der Waals surface area contributed by atoms with E-state index >= 15 is 0 Å². The van der Waals surface area contributed by atoms with Crippen LogP contribution in [-0.4, -0.2) is 21.3 Å². The smallest absolute Gasteiger partial charge is 0.168 e. The molecular formula is C13H19BrO3. The molecular weight excluding hydrogens is 284 g/mol. The lowest BCUT2D eigenvalue weighted by Gasteiger charge is -2.20. The Morgan fingerprint density at radius 1 is 1.06 bits per heavy atom. The van der Waals surface area contributed by atoms with Crippen molar-refractivity contribution in [2.75, 3.05) is 21.3 Å². The lowest BCUT2D eigenvalue weighted by molar-refractivity contribution is 0.339. The van der Waals surface area contributed by atoms with Crippen LogP contribution in [0.25, 0.3) is 0 Å². The van der Waals surface area contributed by atoms with E-state index in [0.29, 0.717) is 11.2 Å². The van der Waals surface area contributed by atoms with Crippen LogP contribution in [-0.2, 0) is 5.33 Å². The van der Waals surface area contributed by atoms with Crippen molar-refractivity contribution in [1.29, 1.82) is 0 Å². The highest BCUT2D eigenvalue weighted by atomic mass is 79.9. The molecule has 17 heavy (non-hydrogen) atoms. The normalized spacial score (nSPS) is 10.5. The third-order valence-corrected chi connectivity index (χ3v) is 3.27. The molecule has 1 rings (SSSR count). The van der Waals surface area contributed by atoms with Gasteiger partial charge in [-0.2, -0.15) is 0 Å².